The zero-order chi connectivity index (χ0) is 21.9. The average molecular weight is 481 g/mol. The van der Waals surface area contributed by atoms with Crippen molar-refractivity contribution in [1.29, 1.82) is 0 Å². The molecule has 30 heavy (non-hydrogen) atoms. The number of carbonyl (C=O) groups is 2. The Morgan fingerprint density at radius 1 is 1.10 bits per heavy atom. The molecule has 0 spiro atoms. The van der Waals surface area contributed by atoms with Gasteiger partial charge < -0.3 is 10.6 Å². The summed E-state index contributed by atoms with van der Waals surface area (Å²) in [6.45, 7) is 1.65. The van der Waals surface area contributed by atoms with Crippen LogP contribution in [-0.2, 0) is 11.0 Å². The van der Waals surface area contributed by atoms with Crippen molar-refractivity contribution >= 4 is 33.4 Å². The summed E-state index contributed by atoms with van der Waals surface area (Å²) < 4.78 is 39.9. The molecule has 2 amide bonds. The van der Waals surface area contributed by atoms with Crippen LogP contribution in [0, 0.1) is 6.92 Å². The Bertz CT molecular complexity index is 1080. The lowest BCUT2D eigenvalue weighted by atomic mass is 10.2. The molecule has 2 N–H and O–H groups in total. The molecule has 3 rings (SSSR count). The predicted octanol–water partition coefficient (Wildman–Crippen LogP) is 4.33. The molecule has 0 aliphatic carbocycles. The van der Waals surface area contributed by atoms with Gasteiger partial charge >= 0.3 is 6.18 Å². The van der Waals surface area contributed by atoms with Crippen molar-refractivity contribution in [3.8, 4) is 5.69 Å². The molecule has 1 aromatic heterocycles. The van der Waals surface area contributed by atoms with Gasteiger partial charge in [0.2, 0.25) is 5.91 Å². The standard InChI is InChI=1S/C20H16BrF3N4O2/c1-12-10-14(4-7-16(12)21)26-18(29)11-25-19(30)13-2-5-15(6-3-13)28-9-8-17(27-28)20(22,23)24/h2-10H,11H2,1H3,(H,25,30)(H,26,29). The van der Waals surface area contributed by atoms with E-state index in [2.05, 4.69) is 31.7 Å². The molecule has 2 aromatic carbocycles. The maximum atomic E-state index is 12.6. The van der Waals surface area contributed by atoms with Crippen molar-refractivity contribution in [1.82, 2.24) is 15.1 Å². The molecular weight excluding hydrogens is 465 g/mol. The molecule has 0 bridgehead atoms. The third kappa shape index (κ3) is 5.26. The summed E-state index contributed by atoms with van der Waals surface area (Å²) in [5.74, 6) is -0.877. The van der Waals surface area contributed by atoms with Crippen molar-refractivity contribution < 1.29 is 22.8 Å². The molecular formula is C20H16BrF3N4O2. The Morgan fingerprint density at radius 2 is 1.80 bits per heavy atom. The summed E-state index contributed by atoms with van der Waals surface area (Å²) in [6.07, 6.45) is -3.34. The number of alkyl halides is 3. The van der Waals surface area contributed by atoms with Crippen molar-refractivity contribution in [3.63, 3.8) is 0 Å². The fraction of sp³-hybridized carbons (Fsp3) is 0.150. The number of anilines is 1. The van der Waals surface area contributed by atoms with Gasteiger partial charge in [-0.05, 0) is 61.0 Å². The van der Waals surface area contributed by atoms with Gasteiger partial charge in [-0.3, -0.25) is 9.59 Å². The van der Waals surface area contributed by atoms with Crippen LogP contribution < -0.4 is 10.6 Å². The molecule has 0 aliphatic rings. The highest BCUT2D eigenvalue weighted by atomic mass is 79.9. The first kappa shape index (κ1) is 21.6. The Kier molecular flexibility index (Phi) is 6.25. The number of hydrogen-bond donors (Lipinski definition) is 2. The van der Waals surface area contributed by atoms with E-state index in [0.717, 1.165) is 20.8 Å². The van der Waals surface area contributed by atoms with E-state index in [9.17, 15) is 22.8 Å². The number of amides is 2. The third-order valence-corrected chi connectivity index (χ3v) is 5.01. The van der Waals surface area contributed by atoms with E-state index >= 15 is 0 Å². The number of benzene rings is 2. The van der Waals surface area contributed by atoms with Crippen LogP contribution in [-0.4, -0.2) is 28.1 Å². The number of nitrogens with one attached hydrogen (secondary N) is 2. The van der Waals surface area contributed by atoms with Crippen LogP contribution in [0.2, 0.25) is 0 Å². The number of halogens is 4. The molecule has 0 unspecified atom stereocenters. The van der Waals surface area contributed by atoms with Crippen molar-refractivity contribution in [3.05, 3.63) is 76.0 Å². The maximum absolute atomic E-state index is 12.6. The van der Waals surface area contributed by atoms with Gasteiger partial charge in [0.1, 0.15) is 0 Å². The fourth-order valence-electron chi connectivity index (χ4n) is 2.57. The Hall–Kier alpha value is -3.14. The molecule has 0 aliphatic heterocycles. The summed E-state index contributed by atoms with van der Waals surface area (Å²) in [5.41, 5.74) is 1.18. The molecule has 156 valence electrons. The van der Waals surface area contributed by atoms with Crippen LogP contribution in [0.5, 0.6) is 0 Å². The lowest BCUT2D eigenvalue weighted by molar-refractivity contribution is -0.141. The number of carbonyl (C=O) groups excluding carboxylic acids is 2. The third-order valence-electron chi connectivity index (χ3n) is 4.12. The fourth-order valence-corrected chi connectivity index (χ4v) is 2.82. The van der Waals surface area contributed by atoms with Crippen LogP contribution in [0.15, 0.2) is 59.2 Å². The van der Waals surface area contributed by atoms with Crippen molar-refractivity contribution in [2.45, 2.75) is 13.1 Å². The van der Waals surface area contributed by atoms with Gasteiger partial charge in [-0.2, -0.15) is 18.3 Å². The quantitative estimate of drug-likeness (QED) is 0.570. The topological polar surface area (TPSA) is 76.0 Å². The highest BCUT2D eigenvalue weighted by molar-refractivity contribution is 9.10. The monoisotopic (exact) mass is 480 g/mol. The number of rotatable bonds is 5. The molecule has 1 heterocycles. The first-order valence-electron chi connectivity index (χ1n) is 8.71. The van der Waals surface area contributed by atoms with Gasteiger partial charge in [-0.1, -0.05) is 15.9 Å². The van der Waals surface area contributed by atoms with E-state index in [1.807, 2.05) is 13.0 Å². The molecule has 0 fully saturated rings. The SMILES string of the molecule is Cc1cc(NC(=O)CNC(=O)c2ccc(-n3ccc(C(F)(F)F)n3)cc2)ccc1Br. The minimum absolute atomic E-state index is 0.232. The number of nitrogens with zero attached hydrogens (tertiary/aromatic N) is 2. The summed E-state index contributed by atoms with van der Waals surface area (Å²) in [5, 5.41) is 8.65. The van der Waals surface area contributed by atoms with E-state index in [-0.39, 0.29) is 12.1 Å². The zero-order valence-corrected chi connectivity index (χ0v) is 17.2. The van der Waals surface area contributed by atoms with Gasteiger partial charge in [0.25, 0.3) is 5.91 Å². The van der Waals surface area contributed by atoms with Crippen molar-refractivity contribution in [2.24, 2.45) is 0 Å². The Morgan fingerprint density at radius 3 is 2.40 bits per heavy atom. The van der Waals surface area contributed by atoms with E-state index in [4.69, 9.17) is 0 Å². The summed E-state index contributed by atoms with van der Waals surface area (Å²) >= 11 is 3.38. The van der Waals surface area contributed by atoms with Crippen LogP contribution in [0.25, 0.3) is 5.69 Å². The second-order valence-electron chi connectivity index (χ2n) is 6.38. The zero-order valence-electron chi connectivity index (χ0n) is 15.6. The Balaban J connectivity index is 1.57. The predicted molar refractivity (Wildman–Crippen MR) is 108 cm³/mol. The van der Waals surface area contributed by atoms with E-state index in [1.54, 1.807) is 12.1 Å². The van der Waals surface area contributed by atoms with Crippen LogP contribution >= 0.6 is 15.9 Å². The van der Waals surface area contributed by atoms with Gasteiger partial charge in [0.05, 0.1) is 12.2 Å². The largest absolute Gasteiger partial charge is 0.435 e. The van der Waals surface area contributed by atoms with Crippen molar-refractivity contribution in [2.75, 3.05) is 11.9 Å². The molecule has 0 atom stereocenters. The van der Waals surface area contributed by atoms with Gasteiger partial charge in [-0.15, -0.1) is 0 Å². The smallest absolute Gasteiger partial charge is 0.343 e. The molecule has 0 saturated heterocycles. The normalized spacial score (nSPS) is 11.2. The first-order valence-corrected chi connectivity index (χ1v) is 9.50. The highest BCUT2D eigenvalue weighted by Gasteiger charge is 2.33. The van der Waals surface area contributed by atoms with Crippen LogP contribution in [0.1, 0.15) is 21.6 Å². The van der Waals surface area contributed by atoms with Gasteiger partial charge in [0, 0.05) is 21.9 Å². The minimum atomic E-state index is -4.53. The number of aryl methyl sites for hydroxylation is 1. The second kappa shape index (κ2) is 8.70. The van der Waals surface area contributed by atoms with Crippen LogP contribution in [0.4, 0.5) is 18.9 Å². The summed E-state index contributed by atoms with van der Waals surface area (Å²) in [6, 6.07) is 12.0. The second-order valence-corrected chi connectivity index (χ2v) is 7.24. The van der Waals surface area contributed by atoms with Crippen LogP contribution in [0.3, 0.4) is 0 Å². The highest BCUT2D eigenvalue weighted by Crippen LogP contribution is 2.27. The molecule has 10 heteroatoms. The first-order chi connectivity index (χ1) is 14.1. The molecule has 6 nitrogen and oxygen atoms in total. The summed E-state index contributed by atoms with van der Waals surface area (Å²) in [7, 11) is 0. The maximum Gasteiger partial charge on any atom is 0.435 e. The molecule has 0 radical (unpaired) electrons. The van der Waals surface area contributed by atoms with E-state index in [1.165, 1.54) is 30.5 Å². The lowest BCUT2D eigenvalue weighted by Gasteiger charge is -2.09. The number of aromatic nitrogens is 2. The van der Waals surface area contributed by atoms with E-state index in [0.29, 0.717) is 11.4 Å². The number of hydrogen-bond acceptors (Lipinski definition) is 3. The molecule has 3 aromatic rings. The lowest BCUT2D eigenvalue weighted by Crippen LogP contribution is -2.32. The van der Waals surface area contributed by atoms with Gasteiger partial charge in [0.15, 0.2) is 5.69 Å². The molecule has 0 saturated carbocycles. The van der Waals surface area contributed by atoms with E-state index < -0.39 is 23.7 Å². The van der Waals surface area contributed by atoms with Gasteiger partial charge in [-0.25, -0.2) is 4.68 Å². The Labute approximate surface area is 178 Å². The average Bonchev–Trinajstić information content (AvgIpc) is 3.20. The minimum Gasteiger partial charge on any atom is -0.343 e. The summed E-state index contributed by atoms with van der Waals surface area (Å²) in [4.78, 5) is 24.2.